The first-order valence-electron chi connectivity index (χ1n) is 12.4. The second-order valence-corrected chi connectivity index (χ2v) is 10.1. The molecule has 1 aliphatic heterocycles. The van der Waals surface area contributed by atoms with Gasteiger partial charge in [-0.15, -0.1) is 0 Å². The topological polar surface area (TPSA) is 140 Å². The lowest BCUT2D eigenvalue weighted by Crippen LogP contribution is -2.40. The Kier molecular flexibility index (Phi) is 7.90. The molecule has 198 valence electrons. The van der Waals surface area contributed by atoms with Crippen LogP contribution in [-0.2, 0) is 11.3 Å². The molecule has 0 aliphatic carbocycles. The first kappa shape index (κ1) is 26.6. The fourth-order valence-corrected chi connectivity index (χ4v) is 4.03. The molecule has 10 nitrogen and oxygen atoms in total. The van der Waals surface area contributed by atoms with E-state index in [9.17, 15) is 14.4 Å². The SMILES string of the molecule is CC(C)(C)OC(=O)N1CCC(NC(=O)c2nc(-c3cccc(C(=O)NCc4ccccc4)c3)cnc2N)C1. The Hall–Kier alpha value is -4.47. The van der Waals surface area contributed by atoms with Gasteiger partial charge in [0.15, 0.2) is 11.5 Å². The van der Waals surface area contributed by atoms with Crippen molar-refractivity contribution in [2.75, 3.05) is 18.8 Å². The molecular weight excluding hydrogens is 484 g/mol. The number of benzene rings is 2. The van der Waals surface area contributed by atoms with E-state index in [0.717, 1.165) is 5.56 Å². The fraction of sp³-hybridized carbons (Fsp3) is 0.321. The Morgan fingerprint density at radius 2 is 1.84 bits per heavy atom. The highest BCUT2D eigenvalue weighted by Crippen LogP contribution is 2.21. The highest BCUT2D eigenvalue weighted by Gasteiger charge is 2.31. The summed E-state index contributed by atoms with van der Waals surface area (Å²) in [7, 11) is 0. The van der Waals surface area contributed by atoms with E-state index in [1.54, 1.807) is 29.2 Å². The molecule has 1 atom stereocenters. The number of carbonyl (C=O) groups excluding carboxylic acids is 3. The number of rotatable bonds is 6. The number of ether oxygens (including phenoxy) is 1. The molecule has 0 saturated carbocycles. The lowest BCUT2D eigenvalue weighted by molar-refractivity contribution is 0.0290. The lowest BCUT2D eigenvalue weighted by Gasteiger charge is -2.24. The van der Waals surface area contributed by atoms with Crippen LogP contribution in [0.4, 0.5) is 10.6 Å². The van der Waals surface area contributed by atoms with Crippen LogP contribution in [0.25, 0.3) is 11.3 Å². The van der Waals surface area contributed by atoms with Crippen molar-refractivity contribution in [3.8, 4) is 11.3 Å². The molecule has 3 amide bonds. The molecule has 1 unspecified atom stereocenters. The molecule has 1 saturated heterocycles. The first-order chi connectivity index (χ1) is 18.1. The van der Waals surface area contributed by atoms with Crippen molar-refractivity contribution in [1.82, 2.24) is 25.5 Å². The average molecular weight is 517 g/mol. The van der Waals surface area contributed by atoms with Crippen molar-refractivity contribution in [2.24, 2.45) is 0 Å². The number of carbonyl (C=O) groups is 3. The number of nitrogens with one attached hydrogen (secondary N) is 2. The number of hydrogen-bond donors (Lipinski definition) is 3. The van der Waals surface area contributed by atoms with Crippen LogP contribution in [0.3, 0.4) is 0 Å². The zero-order valence-electron chi connectivity index (χ0n) is 21.7. The third-order valence-corrected chi connectivity index (χ3v) is 5.91. The summed E-state index contributed by atoms with van der Waals surface area (Å²) in [5.74, 6) is -0.720. The third kappa shape index (κ3) is 6.84. The largest absolute Gasteiger partial charge is 0.444 e. The molecular formula is C28H32N6O4. The summed E-state index contributed by atoms with van der Waals surface area (Å²) in [5, 5.41) is 5.79. The van der Waals surface area contributed by atoms with Crippen LogP contribution in [0.15, 0.2) is 60.8 Å². The Bertz CT molecular complexity index is 1320. The van der Waals surface area contributed by atoms with Crippen LogP contribution in [0.2, 0.25) is 0 Å². The van der Waals surface area contributed by atoms with Crippen LogP contribution in [-0.4, -0.2) is 57.5 Å². The van der Waals surface area contributed by atoms with Gasteiger partial charge >= 0.3 is 6.09 Å². The lowest BCUT2D eigenvalue weighted by atomic mass is 10.1. The van der Waals surface area contributed by atoms with Crippen LogP contribution in [0, 0.1) is 0 Å². The zero-order chi connectivity index (χ0) is 27.3. The van der Waals surface area contributed by atoms with Crippen molar-refractivity contribution >= 4 is 23.7 Å². The maximum absolute atomic E-state index is 13.0. The van der Waals surface area contributed by atoms with Gasteiger partial charge in [-0.05, 0) is 44.9 Å². The minimum atomic E-state index is -0.594. The van der Waals surface area contributed by atoms with E-state index < -0.39 is 17.6 Å². The molecule has 1 fully saturated rings. The average Bonchev–Trinajstić information content (AvgIpc) is 3.36. The molecule has 10 heteroatoms. The van der Waals surface area contributed by atoms with E-state index in [2.05, 4.69) is 20.6 Å². The quantitative estimate of drug-likeness (QED) is 0.456. The second kappa shape index (κ2) is 11.3. The number of likely N-dealkylation sites (tertiary alicyclic amines) is 1. The zero-order valence-corrected chi connectivity index (χ0v) is 21.7. The summed E-state index contributed by atoms with van der Waals surface area (Å²) >= 11 is 0. The van der Waals surface area contributed by atoms with Gasteiger partial charge in [0.2, 0.25) is 0 Å². The maximum Gasteiger partial charge on any atom is 0.410 e. The van der Waals surface area contributed by atoms with E-state index in [-0.39, 0.29) is 23.5 Å². The molecule has 2 heterocycles. The molecule has 2 aromatic carbocycles. The number of aromatic nitrogens is 2. The number of nitrogens with zero attached hydrogens (tertiary/aromatic N) is 3. The van der Waals surface area contributed by atoms with Crippen molar-refractivity contribution in [3.05, 3.63) is 77.6 Å². The van der Waals surface area contributed by atoms with Gasteiger partial charge in [0.05, 0.1) is 11.9 Å². The summed E-state index contributed by atoms with van der Waals surface area (Å²) in [5.41, 5.74) is 7.84. The molecule has 1 aliphatic rings. The summed E-state index contributed by atoms with van der Waals surface area (Å²) in [4.78, 5) is 48.2. The summed E-state index contributed by atoms with van der Waals surface area (Å²) in [6.07, 6.45) is 1.63. The number of nitrogen functional groups attached to an aromatic ring is 1. The Balaban J connectivity index is 1.42. The van der Waals surface area contributed by atoms with Crippen LogP contribution in [0.1, 0.15) is 53.6 Å². The van der Waals surface area contributed by atoms with Gasteiger partial charge in [-0.1, -0.05) is 42.5 Å². The Morgan fingerprint density at radius 3 is 2.58 bits per heavy atom. The van der Waals surface area contributed by atoms with Gasteiger partial charge < -0.3 is 26.0 Å². The summed E-state index contributed by atoms with van der Waals surface area (Å²) < 4.78 is 5.41. The minimum Gasteiger partial charge on any atom is -0.444 e. The highest BCUT2D eigenvalue weighted by molar-refractivity contribution is 5.97. The number of hydrogen-bond acceptors (Lipinski definition) is 7. The van der Waals surface area contributed by atoms with E-state index in [1.807, 2.05) is 51.1 Å². The van der Waals surface area contributed by atoms with Crippen LogP contribution >= 0.6 is 0 Å². The predicted octanol–water partition coefficient (Wildman–Crippen LogP) is 3.40. The van der Waals surface area contributed by atoms with Gasteiger partial charge in [0.1, 0.15) is 5.60 Å². The van der Waals surface area contributed by atoms with E-state index in [0.29, 0.717) is 42.9 Å². The van der Waals surface area contributed by atoms with Crippen molar-refractivity contribution < 1.29 is 19.1 Å². The molecule has 38 heavy (non-hydrogen) atoms. The monoisotopic (exact) mass is 516 g/mol. The molecule has 1 aromatic heterocycles. The molecule has 0 bridgehead atoms. The van der Waals surface area contributed by atoms with Gasteiger partial charge in [-0.3, -0.25) is 9.59 Å². The summed E-state index contributed by atoms with van der Waals surface area (Å²) in [6, 6.07) is 16.3. The number of nitrogens with two attached hydrogens (primary N) is 1. The van der Waals surface area contributed by atoms with Gasteiger partial charge in [0.25, 0.3) is 11.8 Å². The second-order valence-electron chi connectivity index (χ2n) is 10.1. The Labute approximate surface area is 221 Å². The predicted molar refractivity (Wildman–Crippen MR) is 143 cm³/mol. The van der Waals surface area contributed by atoms with Crippen LogP contribution in [0.5, 0.6) is 0 Å². The minimum absolute atomic E-state index is 0.00926. The van der Waals surface area contributed by atoms with Gasteiger partial charge in [0, 0.05) is 36.8 Å². The highest BCUT2D eigenvalue weighted by atomic mass is 16.6. The van der Waals surface area contributed by atoms with Crippen molar-refractivity contribution in [3.63, 3.8) is 0 Å². The standard InChI is InChI=1S/C28H32N6O4/c1-28(2,3)38-27(37)34-13-12-21(17-34)32-26(36)23-24(29)30-16-22(33-23)19-10-7-11-20(14-19)25(35)31-15-18-8-5-4-6-9-18/h4-11,14,16,21H,12-13,15,17H2,1-3H3,(H2,29,30)(H,31,35)(H,32,36). The van der Waals surface area contributed by atoms with Crippen molar-refractivity contribution in [2.45, 2.75) is 45.4 Å². The van der Waals surface area contributed by atoms with Gasteiger partial charge in [-0.25, -0.2) is 14.8 Å². The van der Waals surface area contributed by atoms with Gasteiger partial charge in [-0.2, -0.15) is 0 Å². The number of anilines is 1. The van der Waals surface area contributed by atoms with E-state index >= 15 is 0 Å². The van der Waals surface area contributed by atoms with E-state index in [4.69, 9.17) is 10.5 Å². The fourth-order valence-electron chi connectivity index (χ4n) is 4.03. The molecule has 0 radical (unpaired) electrons. The van der Waals surface area contributed by atoms with Crippen LogP contribution < -0.4 is 16.4 Å². The molecule has 3 aromatic rings. The third-order valence-electron chi connectivity index (χ3n) is 5.91. The first-order valence-corrected chi connectivity index (χ1v) is 12.4. The number of amides is 3. The summed E-state index contributed by atoms with van der Waals surface area (Å²) in [6.45, 7) is 6.63. The molecule has 4 rings (SSSR count). The van der Waals surface area contributed by atoms with E-state index in [1.165, 1.54) is 6.20 Å². The van der Waals surface area contributed by atoms with Crippen molar-refractivity contribution in [1.29, 1.82) is 0 Å². The normalized spacial score (nSPS) is 15.1. The smallest absolute Gasteiger partial charge is 0.410 e. The Morgan fingerprint density at radius 1 is 1.08 bits per heavy atom. The maximum atomic E-state index is 13.0. The molecule has 0 spiro atoms. The molecule has 4 N–H and O–H groups in total.